The molecule has 5 rings (SSSR count). The minimum absolute atomic E-state index is 0.718. The number of para-hydroxylation sites is 2. The molecule has 3 heterocycles. The third-order valence-corrected chi connectivity index (χ3v) is 4.01. The van der Waals surface area contributed by atoms with Gasteiger partial charge in [0.25, 0.3) is 0 Å². The number of rotatable bonds is 2. The van der Waals surface area contributed by atoms with Crippen LogP contribution in [-0.4, -0.2) is 25.4 Å². The molecule has 0 unspecified atom stereocenters. The fraction of sp³-hybridized carbons (Fsp3) is 0. The lowest BCUT2D eigenvalue weighted by Crippen LogP contribution is -1.96. The van der Waals surface area contributed by atoms with E-state index >= 15 is 0 Å². The van der Waals surface area contributed by atoms with Crippen molar-refractivity contribution in [2.45, 2.75) is 0 Å². The van der Waals surface area contributed by atoms with Crippen molar-refractivity contribution in [1.82, 2.24) is 25.4 Å². The van der Waals surface area contributed by atoms with Crippen LogP contribution in [0.4, 0.5) is 11.5 Å². The molecule has 23 heavy (non-hydrogen) atoms. The Morgan fingerprint density at radius 2 is 1.65 bits per heavy atom. The van der Waals surface area contributed by atoms with Crippen molar-refractivity contribution in [3.63, 3.8) is 0 Å². The number of nitrogens with one attached hydrogen (secondary N) is 3. The third kappa shape index (κ3) is 1.78. The highest BCUT2D eigenvalue weighted by Gasteiger charge is 2.12. The highest BCUT2D eigenvalue weighted by molar-refractivity contribution is 6.09. The molecule has 6 nitrogen and oxygen atoms in total. The molecule has 5 aromatic rings. The van der Waals surface area contributed by atoms with Gasteiger partial charge >= 0.3 is 0 Å². The van der Waals surface area contributed by atoms with E-state index in [-0.39, 0.29) is 0 Å². The van der Waals surface area contributed by atoms with Gasteiger partial charge in [-0.3, -0.25) is 10.2 Å². The largest absolute Gasteiger partial charge is 0.336 e. The fourth-order valence-corrected chi connectivity index (χ4v) is 2.93. The fourth-order valence-electron chi connectivity index (χ4n) is 2.93. The first-order chi connectivity index (χ1) is 11.4. The maximum Gasteiger partial charge on any atom is 0.159 e. The number of benzene rings is 2. The van der Waals surface area contributed by atoms with Gasteiger partial charge in [-0.1, -0.05) is 30.3 Å². The summed E-state index contributed by atoms with van der Waals surface area (Å²) in [5.74, 6) is 0.718. The summed E-state index contributed by atoms with van der Waals surface area (Å²) in [7, 11) is 0. The Morgan fingerprint density at radius 3 is 2.65 bits per heavy atom. The second-order valence-corrected chi connectivity index (χ2v) is 5.38. The van der Waals surface area contributed by atoms with E-state index in [1.165, 1.54) is 0 Å². The molecule has 2 aromatic carbocycles. The first-order valence-corrected chi connectivity index (χ1v) is 7.32. The van der Waals surface area contributed by atoms with Crippen LogP contribution in [0.15, 0.2) is 54.9 Å². The third-order valence-electron chi connectivity index (χ3n) is 4.01. The van der Waals surface area contributed by atoms with Crippen molar-refractivity contribution >= 4 is 44.2 Å². The van der Waals surface area contributed by atoms with Crippen molar-refractivity contribution in [3.8, 4) is 0 Å². The summed E-state index contributed by atoms with van der Waals surface area (Å²) in [6.45, 7) is 0. The van der Waals surface area contributed by atoms with Crippen LogP contribution in [0.25, 0.3) is 32.7 Å². The molecule has 0 aliphatic heterocycles. The molecule has 0 aliphatic carbocycles. The van der Waals surface area contributed by atoms with Crippen LogP contribution < -0.4 is 5.32 Å². The Labute approximate surface area is 130 Å². The van der Waals surface area contributed by atoms with E-state index in [9.17, 15) is 0 Å². The van der Waals surface area contributed by atoms with E-state index in [1.807, 2.05) is 48.8 Å². The van der Waals surface area contributed by atoms with E-state index in [1.54, 1.807) is 0 Å². The Morgan fingerprint density at radius 1 is 0.783 bits per heavy atom. The average Bonchev–Trinajstić information content (AvgIpc) is 3.25. The van der Waals surface area contributed by atoms with Gasteiger partial charge in [0, 0.05) is 28.6 Å². The summed E-state index contributed by atoms with van der Waals surface area (Å²) in [4.78, 5) is 4.73. The average molecular weight is 300 g/mol. The van der Waals surface area contributed by atoms with Crippen molar-refractivity contribution < 1.29 is 0 Å². The second kappa shape index (κ2) is 4.54. The zero-order valence-corrected chi connectivity index (χ0v) is 12.0. The van der Waals surface area contributed by atoms with Crippen LogP contribution >= 0.6 is 0 Å². The van der Waals surface area contributed by atoms with E-state index < -0.39 is 0 Å². The topological polar surface area (TPSA) is 82.3 Å². The first-order valence-electron chi connectivity index (χ1n) is 7.32. The number of pyridine rings is 1. The van der Waals surface area contributed by atoms with Crippen LogP contribution in [0.3, 0.4) is 0 Å². The number of aromatic nitrogens is 5. The number of hydrogen-bond acceptors (Lipinski definition) is 4. The Balaban J connectivity index is 1.75. The summed E-state index contributed by atoms with van der Waals surface area (Å²) in [5, 5.41) is 21.0. The molecule has 0 bridgehead atoms. The minimum Gasteiger partial charge on any atom is -0.336 e. The zero-order chi connectivity index (χ0) is 15.2. The van der Waals surface area contributed by atoms with Crippen LogP contribution in [0.2, 0.25) is 0 Å². The number of hydrogen-bond donors (Lipinski definition) is 3. The molecular weight excluding hydrogens is 288 g/mol. The van der Waals surface area contributed by atoms with Crippen LogP contribution in [0.1, 0.15) is 0 Å². The molecule has 0 fully saturated rings. The molecule has 0 spiro atoms. The highest BCUT2D eigenvalue weighted by atomic mass is 15.1. The van der Waals surface area contributed by atoms with E-state index in [0.29, 0.717) is 0 Å². The monoisotopic (exact) mass is 300 g/mol. The lowest BCUT2D eigenvalue weighted by Gasteiger charge is -2.08. The van der Waals surface area contributed by atoms with E-state index in [4.69, 9.17) is 4.98 Å². The Bertz CT molecular complexity index is 1150. The number of fused-ring (bicyclic) bond motifs is 4. The molecule has 110 valence electrons. The maximum absolute atomic E-state index is 4.73. The van der Waals surface area contributed by atoms with Gasteiger partial charge in [0.15, 0.2) is 5.82 Å². The number of aromatic amines is 2. The zero-order valence-electron chi connectivity index (χ0n) is 12.0. The molecule has 0 saturated carbocycles. The molecule has 3 N–H and O–H groups in total. The molecule has 0 amide bonds. The van der Waals surface area contributed by atoms with Crippen LogP contribution in [-0.2, 0) is 0 Å². The summed E-state index contributed by atoms with van der Waals surface area (Å²) in [6, 6.07) is 14.0. The minimum atomic E-state index is 0.718. The summed E-state index contributed by atoms with van der Waals surface area (Å²) >= 11 is 0. The molecule has 3 aromatic heterocycles. The van der Waals surface area contributed by atoms with Gasteiger partial charge in [-0.25, -0.2) is 4.98 Å². The molecule has 0 radical (unpaired) electrons. The van der Waals surface area contributed by atoms with Crippen LogP contribution in [0, 0.1) is 0 Å². The standard InChI is InChI=1S/C17H12N6/c1-2-6-13-11(5-1)12-9-19-23-16(12)17(20-13)21-14-7-3-4-10-8-18-22-15(10)14/h1-9H,(H,18,22)(H,19,23)(H,20,21). The molecule has 6 heteroatoms. The van der Waals surface area contributed by atoms with E-state index in [0.717, 1.165) is 44.2 Å². The van der Waals surface area contributed by atoms with E-state index in [2.05, 4.69) is 31.8 Å². The van der Waals surface area contributed by atoms with Gasteiger partial charge in [-0.05, 0) is 12.1 Å². The number of anilines is 2. The van der Waals surface area contributed by atoms with Crippen molar-refractivity contribution in [2.75, 3.05) is 5.32 Å². The lowest BCUT2D eigenvalue weighted by atomic mass is 10.1. The van der Waals surface area contributed by atoms with Crippen LogP contribution in [0.5, 0.6) is 0 Å². The van der Waals surface area contributed by atoms with Crippen molar-refractivity contribution in [2.24, 2.45) is 0 Å². The molecule has 0 aliphatic rings. The SMILES string of the molecule is c1cc(Nc2nc3ccccc3c3c[nH]nc23)c2n[nH]cc2c1. The predicted octanol–water partition coefficient (Wildman–Crippen LogP) is 3.73. The highest BCUT2D eigenvalue weighted by Crippen LogP contribution is 2.31. The number of nitrogens with zero attached hydrogens (tertiary/aromatic N) is 3. The van der Waals surface area contributed by atoms with Crippen molar-refractivity contribution in [3.05, 3.63) is 54.9 Å². The van der Waals surface area contributed by atoms with Crippen molar-refractivity contribution in [1.29, 1.82) is 0 Å². The van der Waals surface area contributed by atoms with Gasteiger partial charge in [0.1, 0.15) is 11.0 Å². The normalized spacial score (nSPS) is 11.5. The maximum atomic E-state index is 4.73. The first kappa shape index (κ1) is 12.2. The molecule has 0 saturated heterocycles. The Hall–Kier alpha value is -3.41. The van der Waals surface area contributed by atoms with Gasteiger partial charge in [-0.15, -0.1) is 0 Å². The Kier molecular flexibility index (Phi) is 2.40. The summed E-state index contributed by atoms with van der Waals surface area (Å²) in [6.07, 6.45) is 3.78. The van der Waals surface area contributed by atoms with Gasteiger partial charge in [0.2, 0.25) is 0 Å². The predicted molar refractivity (Wildman–Crippen MR) is 90.8 cm³/mol. The quantitative estimate of drug-likeness (QED) is 0.464. The molecule has 0 atom stereocenters. The van der Waals surface area contributed by atoms with Gasteiger partial charge in [-0.2, -0.15) is 10.2 Å². The van der Waals surface area contributed by atoms with Gasteiger partial charge in [0.05, 0.1) is 11.2 Å². The smallest absolute Gasteiger partial charge is 0.159 e. The summed E-state index contributed by atoms with van der Waals surface area (Å²) < 4.78 is 0. The second-order valence-electron chi connectivity index (χ2n) is 5.38. The summed E-state index contributed by atoms with van der Waals surface area (Å²) in [5.41, 5.74) is 3.52. The number of H-pyrrole nitrogens is 2. The molecular formula is C17H12N6. The van der Waals surface area contributed by atoms with Gasteiger partial charge < -0.3 is 5.32 Å². The lowest BCUT2D eigenvalue weighted by molar-refractivity contribution is 1.11.